The molecule has 1 N–H and O–H groups in total. The van der Waals surface area contributed by atoms with E-state index in [1.54, 1.807) is 12.4 Å². The van der Waals surface area contributed by atoms with E-state index >= 15 is 0 Å². The average molecular weight is 583 g/mol. The Balaban J connectivity index is 1.39. The number of nitrogens with one attached hydrogen (secondary N) is 1. The van der Waals surface area contributed by atoms with Crippen LogP contribution in [0.5, 0.6) is 5.75 Å². The molecule has 8 heteroatoms. The van der Waals surface area contributed by atoms with E-state index in [1.807, 2.05) is 41.1 Å². The lowest BCUT2D eigenvalue weighted by Gasteiger charge is -2.38. The first-order chi connectivity index (χ1) is 19.9. The molecule has 7 nitrogen and oxygen atoms in total. The second-order valence-electron chi connectivity index (χ2n) is 12.9. The Morgan fingerprint density at radius 1 is 0.976 bits per heavy atom. The van der Waals surface area contributed by atoms with Crippen LogP contribution in [0.15, 0.2) is 73.1 Å². The summed E-state index contributed by atoms with van der Waals surface area (Å²) in [5, 5.41) is 8.25. The van der Waals surface area contributed by atoms with Gasteiger partial charge in [-0.05, 0) is 65.0 Å². The lowest BCUT2D eigenvalue weighted by Crippen LogP contribution is -2.50. The molecule has 0 saturated heterocycles. The molecule has 2 aromatic heterocycles. The smallest absolute Gasteiger partial charge is 0.270 e. The molecule has 0 saturated carbocycles. The fourth-order valence-corrected chi connectivity index (χ4v) is 5.87. The Bertz CT molecular complexity index is 1520. The summed E-state index contributed by atoms with van der Waals surface area (Å²) in [5.74, 6) is 1.13. The summed E-state index contributed by atoms with van der Waals surface area (Å²) in [5.41, 5.74) is 6.38. The van der Waals surface area contributed by atoms with Gasteiger partial charge in [-0.2, -0.15) is 5.10 Å². The SMILES string of the molecule is CC(C)c1ccc(COc2ccc(-c3c(-c4ccncc4)nn4c3C(=O)NC(CO[Si](C)(C)C(C)(C)C)C4)cc2)cc1. The summed E-state index contributed by atoms with van der Waals surface area (Å²) in [6.07, 6.45) is 3.50. The minimum absolute atomic E-state index is 0.0957. The maximum absolute atomic E-state index is 13.6. The number of amides is 1. The highest BCUT2D eigenvalue weighted by Crippen LogP contribution is 2.38. The number of aromatic nitrogens is 3. The molecule has 42 heavy (non-hydrogen) atoms. The number of benzene rings is 2. The fraction of sp³-hybridized carbons (Fsp3) is 0.382. The number of hydrogen-bond acceptors (Lipinski definition) is 5. The van der Waals surface area contributed by atoms with Gasteiger partial charge in [0.15, 0.2) is 8.32 Å². The molecule has 1 unspecified atom stereocenters. The molecule has 220 valence electrons. The number of rotatable bonds is 9. The largest absolute Gasteiger partial charge is 0.489 e. The normalized spacial score (nSPS) is 15.4. The number of carbonyl (C=O) groups excluding carboxylic acids is 1. The van der Waals surface area contributed by atoms with Crippen molar-refractivity contribution in [2.45, 2.75) is 77.9 Å². The van der Waals surface area contributed by atoms with Crippen LogP contribution in [0, 0.1) is 0 Å². The standard InChI is InChI=1S/C34H42N4O3Si/c1-23(2)25-10-8-24(9-11-25)21-40-29-14-12-26(13-15-29)30-31(27-16-18-35-19-17-27)37-38-20-28(36-33(39)32(30)38)22-41-42(6,7)34(3,4)5/h8-19,23,28H,20-22H2,1-7H3,(H,36,39). The van der Waals surface area contributed by atoms with Crippen LogP contribution in [0.4, 0.5) is 0 Å². The summed E-state index contributed by atoms with van der Waals surface area (Å²) >= 11 is 0. The zero-order valence-electron chi connectivity index (χ0n) is 25.8. The minimum Gasteiger partial charge on any atom is -0.489 e. The van der Waals surface area contributed by atoms with Crippen molar-refractivity contribution in [2.24, 2.45) is 0 Å². The van der Waals surface area contributed by atoms with Crippen molar-refractivity contribution in [3.8, 4) is 28.1 Å². The maximum Gasteiger partial charge on any atom is 0.270 e. The third-order valence-electron chi connectivity index (χ3n) is 8.50. The Hall–Kier alpha value is -3.75. The first-order valence-electron chi connectivity index (χ1n) is 14.7. The molecule has 5 rings (SSSR count). The number of ether oxygens (including phenoxy) is 1. The molecular formula is C34H42N4O3Si. The quantitative estimate of drug-likeness (QED) is 0.207. The lowest BCUT2D eigenvalue weighted by molar-refractivity contribution is 0.0867. The van der Waals surface area contributed by atoms with Gasteiger partial charge >= 0.3 is 0 Å². The summed E-state index contributed by atoms with van der Waals surface area (Å²) < 4.78 is 14.4. The van der Waals surface area contributed by atoms with Crippen LogP contribution in [0.25, 0.3) is 22.4 Å². The molecule has 0 bridgehead atoms. The molecule has 1 atom stereocenters. The van der Waals surface area contributed by atoms with Gasteiger partial charge in [-0.1, -0.05) is 71.0 Å². The molecule has 1 amide bonds. The van der Waals surface area contributed by atoms with E-state index < -0.39 is 8.32 Å². The van der Waals surface area contributed by atoms with Crippen LogP contribution in [0.2, 0.25) is 18.1 Å². The number of fused-ring (bicyclic) bond motifs is 1. The van der Waals surface area contributed by atoms with Gasteiger partial charge in [0.1, 0.15) is 23.7 Å². The number of carbonyl (C=O) groups is 1. The summed E-state index contributed by atoms with van der Waals surface area (Å²) in [6.45, 7) is 17.0. The highest BCUT2D eigenvalue weighted by Gasteiger charge is 2.39. The third kappa shape index (κ3) is 6.34. The maximum atomic E-state index is 13.6. The van der Waals surface area contributed by atoms with E-state index in [0.717, 1.165) is 33.7 Å². The van der Waals surface area contributed by atoms with Gasteiger partial charge < -0.3 is 14.5 Å². The van der Waals surface area contributed by atoms with Crippen LogP contribution in [0.3, 0.4) is 0 Å². The number of nitrogens with zero attached hydrogens (tertiary/aromatic N) is 3. The molecule has 1 aliphatic heterocycles. The molecule has 0 aliphatic carbocycles. The van der Waals surface area contributed by atoms with Crippen LogP contribution in [-0.2, 0) is 17.6 Å². The Kier molecular flexibility index (Phi) is 8.39. The molecular weight excluding hydrogens is 540 g/mol. The molecule has 0 radical (unpaired) electrons. The van der Waals surface area contributed by atoms with Crippen molar-refractivity contribution in [1.82, 2.24) is 20.1 Å². The predicted molar refractivity (Wildman–Crippen MR) is 170 cm³/mol. The van der Waals surface area contributed by atoms with Gasteiger partial charge in [-0.25, -0.2) is 0 Å². The summed E-state index contributed by atoms with van der Waals surface area (Å²) in [6, 6.07) is 20.2. The second kappa shape index (κ2) is 11.9. The zero-order valence-corrected chi connectivity index (χ0v) is 26.8. The van der Waals surface area contributed by atoms with Crippen molar-refractivity contribution in [3.63, 3.8) is 0 Å². The van der Waals surface area contributed by atoms with Crippen molar-refractivity contribution in [2.75, 3.05) is 6.61 Å². The highest BCUT2D eigenvalue weighted by atomic mass is 28.4. The van der Waals surface area contributed by atoms with Gasteiger partial charge in [0.05, 0.1) is 19.2 Å². The van der Waals surface area contributed by atoms with E-state index in [9.17, 15) is 4.79 Å². The Labute approximate surface area is 250 Å². The number of hydrogen-bond donors (Lipinski definition) is 1. The lowest BCUT2D eigenvalue weighted by atomic mass is 9.98. The molecule has 4 aromatic rings. The third-order valence-corrected chi connectivity index (χ3v) is 13.0. The van der Waals surface area contributed by atoms with Gasteiger partial charge in [-0.3, -0.25) is 14.5 Å². The van der Waals surface area contributed by atoms with Crippen LogP contribution >= 0.6 is 0 Å². The topological polar surface area (TPSA) is 78.3 Å². The van der Waals surface area contributed by atoms with E-state index in [2.05, 4.69) is 82.3 Å². The van der Waals surface area contributed by atoms with Gasteiger partial charge in [0.25, 0.3) is 5.91 Å². The zero-order chi connectivity index (χ0) is 30.1. The molecule has 3 heterocycles. The van der Waals surface area contributed by atoms with Crippen molar-refractivity contribution in [1.29, 1.82) is 0 Å². The van der Waals surface area contributed by atoms with Crippen LogP contribution in [0.1, 0.15) is 62.2 Å². The van der Waals surface area contributed by atoms with E-state index in [-0.39, 0.29) is 17.0 Å². The van der Waals surface area contributed by atoms with Crippen molar-refractivity contribution < 1.29 is 14.0 Å². The average Bonchev–Trinajstić information content (AvgIpc) is 3.35. The van der Waals surface area contributed by atoms with Crippen LogP contribution < -0.4 is 10.1 Å². The van der Waals surface area contributed by atoms with E-state index in [0.29, 0.717) is 31.4 Å². The minimum atomic E-state index is -1.95. The van der Waals surface area contributed by atoms with E-state index in [4.69, 9.17) is 14.3 Å². The van der Waals surface area contributed by atoms with E-state index in [1.165, 1.54) is 5.56 Å². The fourth-order valence-electron chi connectivity index (χ4n) is 4.82. The van der Waals surface area contributed by atoms with Gasteiger partial charge in [0, 0.05) is 23.5 Å². The summed E-state index contributed by atoms with van der Waals surface area (Å²) in [4.78, 5) is 17.8. The highest BCUT2D eigenvalue weighted by molar-refractivity contribution is 6.74. The molecule has 2 aromatic carbocycles. The Morgan fingerprint density at radius 2 is 1.64 bits per heavy atom. The Morgan fingerprint density at radius 3 is 2.26 bits per heavy atom. The van der Waals surface area contributed by atoms with Crippen molar-refractivity contribution in [3.05, 3.63) is 89.9 Å². The second-order valence-corrected chi connectivity index (χ2v) is 17.8. The predicted octanol–water partition coefficient (Wildman–Crippen LogP) is 7.45. The monoisotopic (exact) mass is 582 g/mol. The van der Waals surface area contributed by atoms with Gasteiger partial charge in [0.2, 0.25) is 0 Å². The molecule has 0 spiro atoms. The first kappa shape index (κ1) is 29.7. The number of pyridine rings is 1. The van der Waals surface area contributed by atoms with Crippen LogP contribution in [-0.4, -0.2) is 41.6 Å². The molecule has 1 aliphatic rings. The van der Waals surface area contributed by atoms with Gasteiger partial charge in [-0.15, -0.1) is 0 Å². The molecule has 0 fully saturated rings. The van der Waals surface area contributed by atoms with Crippen molar-refractivity contribution >= 4 is 14.2 Å². The first-order valence-corrected chi connectivity index (χ1v) is 17.6. The summed E-state index contributed by atoms with van der Waals surface area (Å²) in [7, 11) is -1.95.